The zero-order valence-electron chi connectivity index (χ0n) is 9.81. The van der Waals surface area contributed by atoms with Crippen LogP contribution in [0.4, 0.5) is 13.2 Å². The fourth-order valence-electron chi connectivity index (χ4n) is 1.70. The van der Waals surface area contributed by atoms with Crippen LogP contribution < -0.4 is 4.74 Å². The Labute approximate surface area is 111 Å². The Balaban J connectivity index is 2.48. The third-order valence-corrected chi connectivity index (χ3v) is 3.53. The minimum atomic E-state index is -4.54. The summed E-state index contributed by atoms with van der Waals surface area (Å²) < 4.78 is 43.6. The maximum Gasteiger partial charge on any atom is 0.416 e. The second-order valence-electron chi connectivity index (χ2n) is 3.72. The molecule has 0 aliphatic carbocycles. The first kappa shape index (κ1) is 13.8. The number of halogens is 3. The van der Waals surface area contributed by atoms with Gasteiger partial charge in [0.2, 0.25) is 0 Å². The van der Waals surface area contributed by atoms with Gasteiger partial charge in [-0.2, -0.15) is 13.2 Å². The van der Waals surface area contributed by atoms with Crippen molar-refractivity contribution >= 4 is 11.3 Å². The van der Waals surface area contributed by atoms with E-state index in [4.69, 9.17) is 4.74 Å². The monoisotopic (exact) mass is 289 g/mol. The quantitative estimate of drug-likeness (QED) is 0.943. The van der Waals surface area contributed by atoms with Crippen LogP contribution >= 0.6 is 11.3 Å². The second kappa shape index (κ2) is 5.18. The van der Waals surface area contributed by atoms with E-state index >= 15 is 0 Å². The van der Waals surface area contributed by atoms with Gasteiger partial charge >= 0.3 is 6.18 Å². The maximum absolute atomic E-state index is 12.9. The number of pyridine rings is 1. The van der Waals surface area contributed by atoms with Crippen molar-refractivity contribution in [2.75, 3.05) is 7.11 Å². The minimum Gasteiger partial charge on any atom is -0.495 e. The van der Waals surface area contributed by atoms with Crippen molar-refractivity contribution in [3.8, 4) is 5.75 Å². The largest absolute Gasteiger partial charge is 0.495 e. The molecule has 2 aromatic rings. The van der Waals surface area contributed by atoms with E-state index in [1.165, 1.54) is 7.11 Å². The summed E-state index contributed by atoms with van der Waals surface area (Å²) in [5, 5.41) is 11.8. The van der Waals surface area contributed by atoms with Crippen molar-refractivity contribution in [3.63, 3.8) is 0 Å². The number of aromatic nitrogens is 1. The van der Waals surface area contributed by atoms with Gasteiger partial charge in [0.25, 0.3) is 0 Å². The number of aliphatic hydroxyl groups is 1. The summed E-state index contributed by atoms with van der Waals surface area (Å²) in [5.74, 6) is 0.356. The van der Waals surface area contributed by atoms with Crippen molar-refractivity contribution in [1.82, 2.24) is 4.98 Å². The van der Waals surface area contributed by atoms with Crippen LogP contribution in [0.25, 0.3) is 0 Å². The van der Waals surface area contributed by atoms with E-state index in [0.29, 0.717) is 10.6 Å². The van der Waals surface area contributed by atoms with Crippen LogP contribution in [0, 0.1) is 0 Å². The van der Waals surface area contributed by atoms with Crippen LogP contribution in [-0.4, -0.2) is 17.2 Å². The number of aliphatic hydroxyl groups excluding tert-OH is 1. The van der Waals surface area contributed by atoms with Gasteiger partial charge in [0.05, 0.1) is 17.6 Å². The number of nitrogens with zero attached hydrogens (tertiary/aromatic N) is 1. The summed E-state index contributed by atoms with van der Waals surface area (Å²) in [4.78, 5) is 3.97. The number of thiophene rings is 1. The molecule has 2 rings (SSSR count). The molecule has 0 bridgehead atoms. The lowest BCUT2D eigenvalue weighted by Crippen LogP contribution is -2.13. The van der Waals surface area contributed by atoms with E-state index < -0.39 is 17.8 Å². The molecule has 7 heteroatoms. The summed E-state index contributed by atoms with van der Waals surface area (Å²) in [6, 6.07) is 2.44. The number of alkyl halides is 3. The molecule has 102 valence electrons. The van der Waals surface area contributed by atoms with Gasteiger partial charge in [-0.25, -0.2) is 0 Å². The zero-order valence-corrected chi connectivity index (χ0v) is 10.6. The fourth-order valence-corrected chi connectivity index (χ4v) is 2.56. The van der Waals surface area contributed by atoms with Gasteiger partial charge in [0, 0.05) is 18.0 Å². The van der Waals surface area contributed by atoms with E-state index in [1.54, 1.807) is 11.4 Å². The van der Waals surface area contributed by atoms with Crippen molar-refractivity contribution < 1.29 is 23.0 Å². The van der Waals surface area contributed by atoms with Gasteiger partial charge < -0.3 is 9.84 Å². The van der Waals surface area contributed by atoms with Crippen LogP contribution in [0.3, 0.4) is 0 Å². The zero-order chi connectivity index (χ0) is 14.0. The minimum absolute atomic E-state index is 0.282. The highest BCUT2D eigenvalue weighted by Crippen LogP contribution is 2.40. The van der Waals surface area contributed by atoms with Crippen molar-refractivity contribution in [2.24, 2.45) is 0 Å². The number of ether oxygens (including phenoxy) is 1. The molecule has 19 heavy (non-hydrogen) atoms. The first-order valence-corrected chi connectivity index (χ1v) is 6.13. The summed E-state index contributed by atoms with van der Waals surface area (Å²) >= 11 is 1.13. The smallest absolute Gasteiger partial charge is 0.416 e. The third-order valence-electron chi connectivity index (χ3n) is 2.58. The van der Waals surface area contributed by atoms with Gasteiger partial charge in [-0.05, 0) is 17.5 Å². The molecule has 1 N–H and O–H groups in total. The van der Waals surface area contributed by atoms with E-state index in [2.05, 4.69) is 4.98 Å². The van der Waals surface area contributed by atoms with Gasteiger partial charge in [-0.15, -0.1) is 11.3 Å². The van der Waals surface area contributed by atoms with Crippen LogP contribution in [0.1, 0.15) is 22.1 Å². The Kier molecular flexibility index (Phi) is 3.77. The predicted octanol–water partition coefficient (Wildman–Crippen LogP) is 3.25. The van der Waals surface area contributed by atoms with Gasteiger partial charge in [-0.3, -0.25) is 4.98 Å². The fraction of sp³-hybridized carbons (Fsp3) is 0.250. The lowest BCUT2D eigenvalue weighted by molar-refractivity contribution is -0.139. The molecule has 1 unspecified atom stereocenters. The van der Waals surface area contributed by atoms with Crippen LogP contribution in [0.15, 0.2) is 29.9 Å². The Morgan fingerprint density at radius 3 is 2.74 bits per heavy atom. The van der Waals surface area contributed by atoms with Crippen LogP contribution in [0.2, 0.25) is 0 Å². The summed E-state index contributed by atoms with van der Waals surface area (Å²) in [7, 11) is 1.40. The number of rotatable bonds is 3. The van der Waals surface area contributed by atoms with E-state index in [0.717, 1.165) is 29.8 Å². The Bertz CT molecular complexity index is 568. The SMILES string of the molecule is COc1ccsc1C(O)c1cnccc1C(F)(F)F. The average Bonchev–Trinajstić information content (AvgIpc) is 2.85. The first-order valence-electron chi connectivity index (χ1n) is 5.25. The molecule has 0 amide bonds. The summed E-state index contributed by atoms with van der Waals surface area (Å²) in [6.45, 7) is 0. The number of hydrogen-bond donors (Lipinski definition) is 1. The third kappa shape index (κ3) is 2.71. The molecule has 0 saturated heterocycles. The standard InChI is InChI=1S/C12H10F3NO2S/c1-18-9-3-5-19-11(9)10(17)7-6-16-4-2-8(7)12(13,14)15/h2-6,10,17H,1H3. The molecular formula is C12H10F3NO2S. The molecule has 1 atom stereocenters. The Hall–Kier alpha value is -1.60. The predicted molar refractivity (Wildman–Crippen MR) is 64.2 cm³/mol. The Morgan fingerprint density at radius 2 is 2.11 bits per heavy atom. The summed E-state index contributed by atoms with van der Waals surface area (Å²) in [6.07, 6.45) is -3.89. The highest BCUT2D eigenvalue weighted by molar-refractivity contribution is 7.10. The molecule has 0 aromatic carbocycles. The topological polar surface area (TPSA) is 42.4 Å². The molecule has 0 aliphatic heterocycles. The van der Waals surface area contributed by atoms with E-state index in [-0.39, 0.29) is 5.56 Å². The highest BCUT2D eigenvalue weighted by atomic mass is 32.1. The lowest BCUT2D eigenvalue weighted by Gasteiger charge is -2.16. The van der Waals surface area contributed by atoms with E-state index in [1.807, 2.05) is 0 Å². The maximum atomic E-state index is 12.9. The van der Waals surface area contributed by atoms with Crippen LogP contribution in [0.5, 0.6) is 5.75 Å². The molecule has 3 nitrogen and oxygen atoms in total. The molecule has 0 fully saturated rings. The normalized spacial score (nSPS) is 13.3. The number of hydrogen-bond acceptors (Lipinski definition) is 4. The summed E-state index contributed by atoms with van der Waals surface area (Å²) in [5.41, 5.74) is -1.18. The molecule has 0 aliphatic rings. The molecular weight excluding hydrogens is 279 g/mol. The molecule has 2 aromatic heterocycles. The molecule has 0 radical (unpaired) electrons. The molecule has 0 saturated carbocycles. The lowest BCUT2D eigenvalue weighted by atomic mass is 10.0. The van der Waals surface area contributed by atoms with E-state index in [9.17, 15) is 18.3 Å². The van der Waals surface area contributed by atoms with Crippen LogP contribution in [-0.2, 0) is 6.18 Å². The Morgan fingerprint density at radius 1 is 1.37 bits per heavy atom. The number of methoxy groups -OCH3 is 1. The molecule has 0 spiro atoms. The second-order valence-corrected chi connectivity index (χ2v) is 4.66. The first-order chi connectivity index (χ1) is 8.95. The van der Waals surface area contributed by atoms with Gasteiger partial charge in [-0.1, -0.05) is 0 Å². The highest BCUT2D eigenvalue weighted by Gasteiger charge is 2.36. The van der Waals surface area contributed by atoms with Crippen molar-refractivity contribution in [1.29, 1.82) is 0 Å². The van der Waals surface area contributed by atoms with Crippen molar-refractivity contribution in [3.05, 3.63) is 45.9 Å². The van der Waals surface area contributed by atoms with Gasteiger partial charge in [0.15, 0.2) is 0 Å². The van der Waals surface area contributed by atoms with Gasteiger partial charge in [0.1, 0.15) is 11.9 Å². The average molecular weight is 289 g/mol. The molecule has 2 heterocycles. The van der Waals surface area contributed by atoms with Crippen molar-refractivity contribution in [2.45, 2.75) is 12.3 Å².